The Morgan fingerprint density at radius 1 is 1.35 bits per heavy atom. The fraction of sp³-hybridized carbons (Fsp3) is 0.471. The van der Waals surface area contributed by atoms with Gasteiger partial charge in [0.15, 0.2) is 11.6 Å². The smallest absolute Gasteiger partial charge is 0.163 e. The highest BCUT2D eigenvalue weighted by Gasteiger charge is 2.31. The van der Waals surface area contributed by atoms with Crippen molar-refractivity contribution >= 4 is 11.5 Å². The summed E-state index contributed by atoms with van der Waals surface area (Å²) < 4.78 is 5.55. The van der Waals surface area contributed by atoms with E-state index < -0.39 is 0 Å². The molecule has 1 fully saturated rings. The maximum atomic E-state index is 5.55. The summed E-state index contributed by atoms with van der Waals surface area (Å²) in [4.78, 5) is 13.7. The van der Waals surface area contributed by atoms with Gasteiger partial charge in [0.05, 0.1) is 23.5 Å². The standard InChI is InChI=1S/C17H21N5O/c1-17(6-9-23-11-17)22-16-14-13(5-3-8-19-14)20-15(21-16)12-4-2-7-18-10-12/h2,4,7,10,19H,3,5-6,8-9,11H2,1H3,(H,20,21,22). The van der Waals surface area contributed by atoms with Crippen molar-refractivity contribution < 1.29 is 4.74 Å². The average molecular weight is 311 g/mol. The molecule has 2 aromatic heterocycles. The van der Waals surface area contributed by atoms with Crippen molar-refractivity contribution in [2.24, 2.45) is 0 Å². The number of aromatic nitrogens is 3. The Morgan fingerprint density at radius 2 is 2.30 bits per heavy atom. The summed E-state index contributed by atoms with van der Waals surface area (Å²) in [7, 11) is 0. The van der Waals surface area contributed by atoms with Gasteiger partial charge in [0.2, 0.25) is 0 Å². The van der Waals surface area contributed by atoms with Crippen LogP contribution < -0.4 is 10.6 Å². The molecule has 6 heteroatoms. The molecule has 23 heavy (non-hydrogen) atoms. The Morgan fingerprint density at radius 3 is 3.09 bits per heavy atom. The third-order valence-electron chi connectivity index (χ3n) is 4.43. The first kappa shape index (κ1) is 14.4. The summed E-state index contributed by atoms with van der Waals surface area (Å²) in [5, 5.41) is 7.05. The molecule has 1 atom stereocenters. The molecule has 0 bridgehead atoms. The summed E-state index contributed by atoms with van der Waals surface area (Å²) in [5.41, 5.74) is 2.98. The maximum Gasteiger partial charge on any atom is 0.163 e. The van der Waals surface area contributed by atoms with E-state index in [1.807, 2.05) is 18.3 Å². The number of nitrogens with zero attached hydrogens (tertiary/aromatic N) is 3. The predicted molar refractivity (Wildman–Crippen MR) is 89.5 cm³/mol. The molecule has 1 saturated heterocycles. The summed E-state index contributed by atoms with van der Waals surface area (Å²) in [6.07, 6.45) is 6.62. The van der Waals surface area contributed by atoms with Crippen LogP contribution in [-0.2, 0) is 11.2 Å². The number of anilines is 2. The molecule has 0 radical (unpaired) electrons. The minimum absolute atomic E-state index is 0.0759. The average Bonchev–Trinajstić information content (AvgIpc) is 3.02. The molecular formula is C17H21N5O. The van der Waals surface area contributed by atoms with Crippen LogP contribution in [0.1, 0.15) is 25.5 Å². The molecule has 2 aromatic rings. The second-order valence-electron chi connectivity index (χ2n) is 6.48. The summed E-state index contributed by atoms with van der Waals surface area (Å²) in [6.45, 7) is 4.64. The summed E-state index contributed by atoms with van der Waals surface area (Å²) >= 11 is 0. The van der Waals surface area contributed by atoms with E-state index in [4.69, 9.17) is 14.7 Å². The third-order valence-corrected chi connectivity index (χ3v) is 4.43. The van der Waals surface area contributed by atoms with Crippen molar-refractivity contribution in [1.29, 1.82) is 0 Å². The Bertz CT molecular complexity index is 698. The Kier molecular flexibility index (Phi) is 3.61. The highest BCUT2D eigenvalue weighted by molar-refractivity contribution is 5.72. The van der Waals surface area contributed by atoms with Gasteiger partial charge < -0.3 is 15.4 Å². The molecule has 0 aliphatic carbocycles. The first-order chi connectivity index (χ1) is 11.2. The van der Waals surface area contributed by atoms with Crippen LogP contribution in [-0.4, -0.2) is 40.2 Å². The lowest BCUT2D eigenvalue weighted by molar-refractivity contribution is 0.185. The van der Waals surface area contributed by atoms with Crippen LogP contribution in [0, 0.1) is 0 Å². The molecular weight excluding hydrogens is 290 g/mol. The molecule has 120 valence electrons. The number of ether oxygens (including phenoxy) is 1. The minimum Gasteiger partial charge on any atom is -0.381 e. The van der Waals surface area contributed by atoms with Gasteiger partial charge in [0.1, 0.15) is 0 Å². The van der Waals surface area contributed by atoms with E-state index in [1.54, 1.807) is 6.20 Å². The molecule has 4 heterocycles. The molecule has 6 nitrogen and oxygen atoms in total. The lowest BCUT2D eigenvalue weighted by Gasteiger charge is -2.28. The van der Waals surface area contributed by atoms with Gasteiger partial charge in [0, 0.05) is 31.1 Å². The molecule has 2 aliphatic heterocycles. The number of fused-ring (bicyclic) bond motifs is 1. The summed E-state index contributed by atoms with van der Waals surface area (Å²) in [6, 6.07) is 3.91. The highest BCUT2D eigenvalue weighted by Crippen LogP contribution is 2.33. The van der Waals surface area contributed by atoms with E-state index in [0.717, 1.165) is 61.0 Å². The van der Waals surface area contributed by atoms with Crippen LogP contribution in [0.25, 0.3) is 11.4 Å². The Labute approximate surface area is 135 Å². The molecule has 2 N–H and O–H groups in total. The zero-order valence-corrected chi connectivity index (χ0v) is 13.3. The van der Waals surface area contributed by atoms with E-state index in [1.165, 1.54) is 0 Å². The van der Waals surface area contributed by atoms with Gasteiger partial charge >= 0.3 is 0 Å². The quantitative estimate of drug-likeness (QED) is 0.907. The van der Waals surface area contributed by atoms with Crippen molar-refractivity contribution in [3.63, 3.8) is 0 Å². The number of rotatable bonds is 3. The lowest BCUT2D eigenvalue weighted by Crippen LogP contribution is -2.36. The number of nitrogens with one attached hydrogen (secondary N) is 2. The molecule has 0 saturated carbocycles. The van der Waals surface area contributed by atoms with Crippen LogP contribution in [0.2, 0.25) is 0 Å². The van der Waals surface area contributed by atoms with Gasteiger partial charge in [-0.2, -0.15) is 0 Å². The van der Waals surface area contributed by atoms with E-state index in [9.17, 15) is 0 Å². The fourth-order valence-electron chi connectivity index (χ4n) is 3.11. The van der Waals surface area contributed by atoms with Gasteiger partial charge in [-0.1, -0.05) is 0 Å². The molecule has 0 amide bonds. The number of aryl methyl sites for hydroxylation is 1. The SMILES string of the molecule is CC1(Nc2nc(-c3cccnc3)nc3c2NCCC3)CCOC1. The Balaban J connectivity index is 1.76. The largest absolute Gasteiger partial charge is 0.381 e. The van der Waals surface area contributed by atoms with Crippen molar-refractivity contribution in [1.82, 2.24) is 15.0 Å². The van der Waals surface area contributed by atoms with E-state index in [-0.39, 0.29) is 5.54 Å². The zero-order valence-electron chi connectivity index (χ0n) is 13.3. The fourth-order valence-corrected chi connectivity index (χ4v) is 3.11. The highest BCUT2D eigenvalue weighted by atomic mass is 16.5. The molecule has 1 unspecified atom stereocenters. The lowest BCUT2D eigenvalue weighted by atomic mass is 10.0. The predicted octanol–water partition coefficient (Wildman–Crippen LogP) is 2.49. The second-order valence-corrected chi connectivity index (χ2v) is 6.48. The van der Waals surface area contributed by atoms with Crippen molar-refractivity contribution in [2.75, 3.05) is 30.4 Å². The van der Waals surface area contributed by atoms with E-state index in [0.29, 0.717) is 6.61 Å². The van der Waals surface area contributed by atoms with Crippen molar-refractivity contribution in [3.8, 4) is 11.4 Å². The van der Waals surface area contributed by atoms with Crippen LogP contribution in [0.3, 0.4) is 0 Å². The molecule has 0 aromatic carbocycles. The van der Waals surface area contributed by atoms with Crippen molar-refractivity contribution in [3.05, 3.63) is 30.2 Å². The van der Waals surface area contributed by atoms with E-state index >= 15 is 0 Å². The van der Waals surface area contributed by atoms with E-state index in [2.05, 4.69) is 22.5 Å². The number of pyridine rings is 1. The zero-order chi connectivity index (χ0) is 15.7. The second kappa shape index (κ2) is 5.77. The maximum absolute atomic E-state index is 5.55. The minimum atomic E-state index is -0.0759. The number of hydrogen-bond acceptors (Lipinski definition) is 6. The summed E-state index contributed by atoms with van der Waals surface area (Å²) in [5.74, 6) is 1.60. The van der Waals surface area contributed by atoms with Gasteiger partial charge in [-0.05, 0) is 38.3 Å². The van der Waals surface area contributed by atoms with Gasteiger partial charge in [-0.25, -0.2) is 9.97 Å². The molecule has 4 rings (SSSR count). The van der Waals surface area contributed by atoms with Crippen LogP contribution in [0.15, 0.2) is 24.5 Å². The normalized spacial score (nSPS) is 23.2. The topological polar surface area (TPSA) is 72.0 Å². The van der Waals surface area contributed by atoms with Crippen LogP contribution in [0.5, 0.6) is 0 Å². The number of hydrogen-bond donors (Lipinski definition) is 2. The monoisotopic (exact) mass is 311 g/mol. The first-order valence-electron chi connectivity index (χ1n) is 8.15. The first-order valence-corrected chi connectivity index (χ1v) is 8.15. The van der Waals surface area contributed by atoms with Gasteiger partial charge in [0.25, 0.3) is 0 Å². The van der Waals surface area contributed by atoms with Gasteiger partial charge in [-0.15, -0.1) is 0 Å². The van der Waals surface area contributed by atoms with Crippen LogP contribution in [0.4, 0.5) is 11.5 Å². The molecule has 0 spiro atoms. The molecule has 2 aliphatic rings. The van der Waals surface area contributed by atoms with Crippen molar-refractivity contribution in [2.45, 2.75) is 31.7 Å². The third kappa shape index (κ3) is 2.86. The Hall–Kier alpha value is -2.21. The van der Waals surface area contributed by atoms with Gasteiger partial charge in [-0.3, -0.25) is 4.98 Å². The van der Waals surface area contributed by atoms with Crippen LogP contribution >= 0.6 is 0 Å².